The summed E-state index contributed by atoms with van der Waals surface area (Å²) in [5.74, 6) is 0. The van der Waals surface area contributed by atoms with Crippen LogP contribution in [0.15, 0.2) is 29.2 Å². The Hall–Kier alpha value is 0.390. The summed E-state index contributed by atoms with van der Waals surface area (Å²) >= 11 is 0. The van der Waals surface area contributed by atoms with Gasteiger partial charge in [-0.1, -0.05) is 109 Å². The molecule has 0 aliphatic heterocycles. The van der Waals surface area contributed by atoms with Gasteiger partial charge in [-0.2, -0.15) is 8.42 Å². The summed E-state index contributed by atoms with van der Waals surface area (Å²) in [4.78, 5) is 0.287. The zero-order valence-corrected chi connectivity index (χ0v) is 18.4. The summed E-state index contributed by atoms with van der Waals surface area (Å²) in [6.07, 6.45) is 18.0. The predicted octanol–water partition coefficient (Wildman–Crippen LogP) is 6.27. The van der Waals surface area contributed by atoms with Crippen LogP contribution in [0.25, 0.3) is 0 Å². The van der Waals surface area contributed by atoms with Gasteiger partial charge in [0.15, 0.2) is 0 Å². The molecule has 0 atom stereocenters. The molecule has 0 unspecified atom stereocenters. The molecule has 0 bridgehead atoms. The summed E-state index contributed by atoms with van der Waals surface area (Å²) in [7, 11) is -3.61. The van der Waals surface area contributed by atoms with Crippen LogP contribution >= 0.6 is 0 Å². The first-order valence-corrected chi connectivity index (χ1v) is 12.4. The number of unbranched alkanes of at least 4 members (excludes halogenated alkanes) is 13. The Labute approximate surface area is 204 Å². The van der Waals surface area contributed by atoms with Crippen molar-refractivity contribution in [2.45, 2.75) is 109 Å². The van der Waals surface area contributed by atoms with Crippen LogP contribution in [0.3, 0.4) is 0 Å². The van der Waals surface area contributed by atoms with E-state index in [-0.39, 0.29) is 49.2 Å². The van der Waals surface area contributed by atoms with Gasteiger partial charge in [0.25, 0.3) is 10.1 Å². The summed E-state index contributed by atoms with van der Waals surface area (Å²) in [6, 6.07) is 6.97. The SMILES string of the molecule is CCCCCCCCCCCCCCCCOS(=O)(=O)c1ccccc1C.[CaH2]. The Morgan fingerprint density at radius 2 is 1.14 bits per heavy atom. The van der Waals surface area contributed by atoms with Crippen LogP contribution in [0, 0.1) is 6.92 Å². The van der Waals surface area contributed by atoms with Crippen LogP contribution in [-0.2, 0) is 14.3 Å². The van der Waals surface area contributed by atoms with Gasteiger partial charge in [0.05, 0.1) is 11.5 Å². The Balaban J connectivity index is 0.00000729. The van der Waals surface area contributed by atoms with Gasteiger partial charge in [-0.15, -0.1) is 0 Å². The van der Waals surface area contributed by atoms with Gasteiger partial charge < -0.3 is 0 Å². The van der Waals surface area contributed by atoms with Crippen molar-refractivity contribution < 1.29 is 12.6 Å². The molecule has 0 amide bonds. The molecule has 0 N–H and O–H groups in total. The normalized spacial score (nSPS) is 11.4. The van der Waals surface area contributed by atoms with Crippen molar-refractivity contribution in [3.8, 4) is 0 Å². The van der Waals surface area contributed by atoms with Crippen molar-refractivity contribution in [3.63, 3.8) is 0 Å². The molecule has 0 radical (unpaired) electrons. The molecule has 0 spiro atoms. The molecule has 0 aromatic heterocycles. The summed E-state index contributed by atoms with van der Waals surface area (Å²) in [5.41, 5.74) is 0.735. The van der Waals surface area contributed by atoms with E-state index in [4.69, 9.17) is 4.18 Å². The second-order valence-corrected chi connectivity index (χ2v) is 9.22. The van der Waals surface area contributed by atoms with E-state index in [0.717, 1.165) is 18.4 Å². The van der Waals surface area contributed by atoms with Gasteiger partial charge in [-0.25, -0.2) is 0 Å². The summed E-state index contributed by atoms with van der Waals surface area (Å²) in [6.45, 7) is 4.35. The van der Waals surface area contributed by atoms with Crippen LogP contribution in [0.1, 0.15) is 102 Å². The third-order valence-corrected chi connectivity index (χ3v) is 6.57. The van der Waals surface area contributed by atoms with Crippen molar-refractivity contribution in [3.05, 3.63) is 29.8 Å². The fourth-order valence-electron chi connectivity index (χ4n) is 3.37. The third-order valence-electron chi connectivity index (χ3n) is 5.10. The number of hydrogen-bond donors (Lipinski definition) is 0. The summed E-state index contributed by atoms with van der Waals surface area (Å²) in [5, 5.41) is 0. The first-order chi connectivity index (χ1) is 13.1. The molecule has 5 heteroatoms. The van der Waals surface area contributed by atoms with Crippen molar-refractivity contribution in [1.29, 1.82) is 0 Å². The third kappa shape index (κ3) is 13.6. The van der Waals surface area contributed by atoms with Gasteiger partial charge in [0, 0.05) is 0 Å². The van der Waals surface area contributed by atoms with Crippen molar-refractivity contribution in [1.82, 2.24) is 0 Å². The Kier molecular flexibility index (Phi) is 18.4. The Morgan fingerprint density at radius 3 is 1.61 bits per heavy atom. The average Bonchev–Trinajstić information content (AvgIpc) is 2.65. The Bertz CT molecular complexity index is 587. The molecule has 0 saturated carbocycles. The number of hydrogen-bond acceptors (Lipinski definition) is 3. The zero-order chi connectivity index (χ0) is 19.8. The molecule has 0 fully saturated rings. The molecule has 0 aliphatic rings. The van der Waals surface area contributed by atoms with E-state index in [0.29, 0.717) is 0 Å². The van der Waals surface area contributed by atoms with Gasteiger partial charge >= 0.3 is 37.7 Å². The fourth-order valence-corrected chi connectivity index (χ4v) is 4.54. The second kappa shape index (κ2) is 18.2. The molecule has 1 rings (SSSR count). The standard InChI is InChI=1S/C23H40O3S.Ca.2H/c1-3-4-5-6-7-8-9-10-11-12-13-14-15-18-21-26-27(24,25)23-20-17-16-19-22(23)2;;;/h16-17,19-20H,3-15,18,21H2,1-2H3;;;. The molecular formula is C23H42CaO3S. The topological polar surface area (TPSA) is 43.4 Å². The average molecular weight is 439 g/mol. The molecule has 0 heterocycles. The van der Waals surface area contributed by atoms with E-state index in [1.807, 2.05) is 6.07 Å². The zero-order valence-electron chi connectivity index (χ0n) is 17.5. The predicted molar refractivity (Wildman–Crippen MR) is 123 cm³/mol. The first-order valence-electron chi connectivity index (χ1n) is 11.0. The van der Waals surface area contributed by atoms with Crippen molar-refractivity contribution in [2.24, 2.45) is 0 Å². The monoisotopic (exact) mass is 438 g/mol. The van der Waals surface area contributed by atoms with Gasteiger partial charge in [0.1, 0.15) is 0 Å². The fraction of sp³-hybridized carbons (Fsp3) is 0.739. The molecule has 3 nitrogen and oxygen atoms in total. The van der Waals surface area contributed by atoms with Gasteiger partial charge in [0.2, 0.25) is 0 Å². The van der Waals surface area contributed by atoms with Gasteiger partial charge in [-0.3, -0.25) is 4.18 Å². The van der Waals surface area contributed by atoms with E-state index in [2.05, 4.69) is 6.92 Å². The van der Waals surface area contributed by atoms with Crippen LogP contribution in [0.2, 0.25) is 0 Å². The maximum atomic E-state index is 12.2. The van der Waals surface area contributed by atoms with E-state index in [1.54, 1.807) is 25.1 Å². The van der Waals surface area contributed by atoms with E-state index >= 15 is 0 Å². The van der Waals surface area contributed by atoms with E-state index < -0.39 is 10.1 Å². The van der Waals surface area contributed by atoms with Gasteiger partial charge in [-0.05, 0) is 25.0 Å². The molecule has 0 aliphatic carbocycles. The maximum absolute atomic E-state index is 12.2. The first kappa shape index (κ1) is 28.4. The molecule has 0 saturated heterocycles. The van der Waals surface area contributed by atoms with E-state index in [1.165, 1.54) is 77.0 Å². The molecule has 1 aromatic rings. The van der Waals surface area contributed by atoms with Crippen LogP contribution in [-0.4, -0.2) is 52.8 Å². The van der Waals surface area contributed by atoms with Crippen molar-refractivity contribution in [2.75, 3.05) is 6.61 Å². The quantitative estimate of drug-likeness (QED) is 0.164. The van der Waals surface area contributed by atoms with Crippen LogP contribution in [0.5, 0.6) is 0 Å². The number of aryl methyl sites for hydroxylation is 1. The summed E-state index contributed by atoms with van der Waals surface area (Å²) < 4.78 is 29.5. The minimum atomic E-state index is -3.61. The number of rotatable bonds is 17. The van der Waals surface area contributed by atoms with Crippen LogP contribution < -0.4 is 0 Å². The second-order valence-electron chi connectivity index (χ2n) is 7.64. The molecule has 28 heavy (non-hydrogen) atoms. The van der Waals surface area contributed by atoms with Crippen molar-refractivity contribution >= 4 is 47.9 Å². The number of benzene rings is 1. The minimum absolute atomic E-state index is 0. The van der Waals surface area contributed by atoms with E-state index in [9.17, 15) is 8.42 Å². The van der Waals surface area contributed by atoms with Crippen LogP contribution in [0.4, 0.5) is 0 Å². The Morgan fingerprint density at radius 1 is 0.714 bits per heavy atom. The molecule has 1 aromatic carbocycles. The molecular weight excluding hydrogens is 396 g/mol. The molecule has 160 valence electrons.